The highest BCUT2D eigenvalue weighted by Crippen LogP contribution is 2.31. The van der Waals surface area contributed by atoms with Crippen LogP contribution < -0.4 is 25.0 Å². The number of ether oxygens (including phenoxy) is 1. The number of hydrogen-bond donors (Lipinski definition) is 2. The van der Waals surface area contributed by atoms with E-state index in [0.717, 1.165) is 0 Å². The number of benzene rings is 3. The zero-order valence-electron chi connectivity index (χ0n) is 24.9. The van der Waals surface area contributed by atoms with Crippen LogP contribution in [0.15, 0.2) is 83.4 Å². The Bertz CT molecular complexity index is 1740. The van der Waals surface area contributed by atoms with Gasteiger partial charge in [-0.25, -0.2) is 0 Å². The molecule has 230 valence electrons. The Hall–Kier alpha value is -5.43. The number of aryl methyl sites for hydroxylation is 1. The number of thiocarbonyl (C=S) groups is 1. The molecule has 12 nitrogen and oxygen atoms in total. The Morgan fingerprint density at radius 3 is 2.31 bits per heavy atom. The predicted molar refractivity (Wildman–Crippen MR) is 169 cm³/mol. The largest absolute Gasteiger partial charge is 0.494 e. The highest BCUT2D eigenvalue weighted by Gasteiger charge is 2.46. The molecule has 0 aliphatic carbocycles. The second-order valence-electron chi connectivity index (χ2n) is 10.2. The SMILES string of the molecule is CCOc1ccc(N2C(=O)C(CC(=O)Nc3ccc(C(C)=O)cc3)N(Cc3c(NC(=O)c4ccccc4)on[n+]3C)C2=S)cc1. The van der Waals surface area contributed by atoms with Gasteiger partial charge in [-0.2, -0.15) is 0 Å². The number of carbonyl (C=O) groups excluding carboxylic acids is 4. The lowest BCUT2D eigenvalue weighted by atomic mass is 10.1. The van der Waals surface area contributed by atoms with Gasteiger partial charge in [-0.3, -0.25) is 33.9 Å². The van der Waals surface area contributed by atoms with Gasteiger partial charge in [-0.15, -0.1) is 0 Å². The van der Waals surface area contributed by atoms with Crippen molar-refractivity contribution in [3.8, 4) is 5.75 Å². The molecule has 1 aliphatic heterocycles. The number of ketones is 1. The Morgan fingerprint density at radius 1 is 0.978 bits per heavy atom. The predicted octanol–water partition coefficient (Wildman–Crippen LogP) is 3.88. The number of rotatable bonds is 11. The fourth-order valence-electron chi connectivity index (χ4n) is 4.83. The van der Waals surface area contributed by atoms with Crippen LogP contribution in [0.1, 0.15) is 46.7 Å². The van der Waals surface area contributed by atoms with Crippen LogP contribution in [0, 0.1) is 0 Å². The quantitative estimate of drug-likeness (QED) is 0.144. The fraction of sp³-hybridized carbons (Fsp3) is 0.219. The number of hydrogen-bond acceptors (Lipinski definition) is 8. The molecule has 1 aliphatic rings. The third-order valence-electron chi connectivity index (χ3n) is 7.17. The summed E-state index contributed by atoms with van der Waals surface area (Å²) in [4.78, 5) is 54.7. The van der Waals surface area contributed by atoms with Crippen molar-refractivity contribution in [3.63, 3.8) is 0 Å². The maximum atomic E-state index is 13.9. The van der Waals surface area contributed by atoms with Gasteiger partial charge in [0, 0.05) is 16.8 Å². The monoisotopic (exact) mass is 627 g/mol. The summed E-state index contributed by atoms with van der Waals surface area (Å²) in [6.45, 7) is 3.82. The normalized spacial score (nSPS) is 14.4. The Kier molecular flexibility index (Phi) is 9.28. The first kappa shape index (κ1) is 31.0. The minimum Gasteiger partial charge on any atom is -0.494 e. The molecule has 1 aromatic heterocycles. The van der Waals surface area contributed by atoms with Gasteiger partial charge in [0.1, 0.15) is 18.3 Å². The first-order valence-corrected chi connectivity index (χ1v) is 14.6. The van der Waals surface area contributed by atoms with E-state index in [1.165, 1.54) is 16.5 Å². The molecule has 2 heterocycles. The second kappa shape index (κ2) is 13.5. The summed E-state index contributed by atoms with van der Waals surface area (Å²) >= 11 is 5.82. The molecule has 3 aromatic carbocycles. The van der Waals surface area contributed by atoms with Crippen molar-refractivity contribution in [1.29, 1.82) is 0 Å². The summed E-state index contributed by atoms with van der Waals surface area (Å²) in [6, 6.07) is 21.0. The van der Waals surface area contributed by atoms with E-state index in [4.69, 9.17) is 21.5 Å². The van der Waals surface area contributed by atoms with Gasteiger partial charge in [0.25, 0.3) is 17.5 Å². The minimum absolute atomic E-state index is 0.00619. The van der Waals surface area contributed by atoms with Crippen molar-refractivity contribution in [2.45, 2.75) is 32.9 Å². The van der Waals surface area contributed by atoms with Crippen molar-refractivity contribution < 1.29 is 33.1 Å². The third-order valence-corrected chi connectivity index (χ3v) is 7.59. The van der Waals surface area contributed by atoms with Gasteiger partial charge < -0.3 is 15.0 Å². The second-order valence-corrected chi connectivity index (χ2v) is 10.6. The van der Waals surface area contributed by atoms with E-state index in [2.05, 4.69) is 15.9 Å². The van der Waals surface area contributed by atoms with E-state index in [1.807, 2.05) is 6.92 Å². The average molecular weight is 628 g/mol. The average Bonchev–Trinajstić information content (AvgIpc) is 3.49. The molecule has 5 rings (SSSR count). The van der Waals surface area contributed by atoms with Crippen molar-refractivity contribution in [2.24, 2.45) is 7.05 Å². The minimum atomic E-state index is -0.992. The maximum absolute atomic E-state index is 13.9. The van der Waals surface area contributed by atoms with Crippen molar-refractivity contribution >= 4 is 58.1 Å². The van der Waals surface area contributed by atoms with E-state index in [9.17, 15) is 19.2 Å². The van der Waals surface area contributed by atoms with E-state index < -0.39 is 23.8 Å². The van der Waals surface area contributed by atoms with Crippen LogP contribution >= 0.6 is 12.2 Å². The molecule has 0 spiro atoms. The zero-order chi connectivity index (χ0) is 32.1. The molecule has 1 unspecified atom stereocenters. The van der Waals surface area contributed by atoms with Crippen LogP contribution in [0.5, 0.6) is 5.75 Å². The first-order valence-electron chi connectivity index (χ1n) is 14.2. The Morgan fingerprint density at radius 2 is 1.67 bits per heavy atom. The van der Waals surface area contributed by atoms with Crippen LogP contribution in [-0.4, -0.2) is 51.4 Å². The highest BCUT2D eigenvalue weighted by atomic mass is 32.1. The van der Waals surface area contributed by atoms with Crippen LogP contribution in [0.25, 0.3) is 0 Å². The number of carbonyl (C=O) groups is 4. The molecule has 1 atom stereocenters. The third kappa shape index (κ3) is 6.88. The molecule has 0 saturated carbocycles. The van der Waals surface area contributed by atoms with Crippen LogP contribution in [0.3, 0.4) is 0 Å². The number of Topliss-reactive ketones (excluding diaryl/α,β-unsaturated/α-hetero) is 1. The van der Waals surface area contributed by atoms with E-state index in [-0.39, 0.29) is 29.7 Å². The summed E-state index contributed by atoms with van der Waals surface area (Å²) < 4.78 is 12.4. The first-order chi connectivity index (χ1) is 21.7. The maximum Gasteiger partial charge on any atom is 0.307 e. The molecule has 2 N–H and O–H groups in total. The van der Waals surface area contributed by atoms with E-state index >= 15 is 0 Å². The van der Waals surface area contributed by atoms with Crippen LogP contribution in [-0.2, 0) is 23.2 Å². The number of aromatic nitrogens is 2. The van der Waals surface area contributed by atoms with Gasteiger partial charge in [0.05, 0.1) is 18.7 Å². The molecule has 1 saturated heterocycles. The number of anilines is 3. The Balaban J connectivity index is 1.42. The van der Waals surface area contributed by atoms with Gasteiger partial charge in [-0.1, -0.05) is 18.2 Å². The molecule has 45 heavy (non-hydrogen) atoms. The molecule has 0 bridgehead atoms. The van der Waals surface area contributed by atoms with Crippen molar-refractivity contribution in [3.05, 3.63) is 95.7 Å². The van der Waals surface area contributed by atoms with Crippen molar-refractivity contribution in [2.75, 3.05) is 22.1 Å². The smallest absolute Gasteiger partial charge is 0.307 e. The van der Waals surface area contributed by atoms with Gasteiger partial charge in [-0.05, 0) is 91.4 Å². The lowest BCUT2D eigenvalue weighted by molar-refractivity contribution is -0.746. The fourth-order valence-corrected chi connectivity index (χ4v) is 5.22. The highest BCUT2D eigenvalue weighted by molar-refractivity contribution is 7.80. The molecule has 0 radical (unpaired) electrons. The molecule has 1 fully saturated rings. The zero-order valence-corrected chi connectivity index (χ0v) is 25.7. The van der Waals surface area contributed by atoms with Gasteiger partial charge in [0.2, 0.25) is 11.2 Å². The molecular formula is C32H31N6O6S+. The lowest BCUT2D eigenvalue weighted by Crippen LogP contribution is -2.43. The summed E-state index contributed by atoms with van der Waals surface area (Å²) in [7, 11) is 1.63. The van der Waals surface area contributed by atoms with Crippen molar-refractivity contribution in [1.82, 2.24) is 10.2 Å². The number of amides is 3. The van der Waals surface area contributed by atoms with Gasteiger partial charge in [0.15, 0.2) is 17.9 Å². The van der Waals surface area contributed by atoms with Gasteiger partial charge >= 0.3 is 5.88 Å². The topological polar surface area (TPSA) is 138 Å². The molecule has 4 aromatic rings. The van der Waals surface area contributed by atoms with E-state index in [1.54, 1.807) is 90.8 Å². The number of nitrogens with zero attached hydrogens (tertiary/aromatic N) is 4. The Labute approximate surface area is 264 Å². The summed E-state index contributed by atoms with van der Waals surface area (Å²) in [5, 5.41) is 9.64. The van der Waals surface area contributed by atoms with E-state index in [0.29, 0.717) is 40.6 Å². The molecular weight excluding hydrogens is 596 g/mol. The molecule has 13 heteroatoms. The lowest BCUT2D eigenvalue weighted by Gasteiger charge is -2.22. The standard InChI is InChI=1S/C32H30N6O6S/c1-4-43-25-16-14-24(15-17-25)38-31(42)26(18-28(40)33-23-12-10-21(11-13-23)20(2)39)37(32(38)45)19-27-30(44-35-36(27)3)34-29(41)22-8-6-5-7-9-22/h5-17,26H,4,18-19H2,1-3H3,(H-,33,34,35,39,40,41)/p+1. The van der Waals surface area contributed by atoms with Crippen LogP contribution in [0.2, 0.25) is 0 Å². The molecule has 3 amide bonds. The van der Waals surface area contributed by atoms with Crippen LogP contribution in [0.4, 0.5) is 17.3 Å². The summed E-state index contributed by atoms with van der Waals surface area (Å²) in [5.74, 6) is -0.619. The summed E-state index contributed by atoms with van der Waals surface area (Å²) in [5.41, 5.74) is 2.34. The summed E-state index contributed by atoms with van der Waals surface area (Å²) in [6.07, 6.45) is -0.234. The number of nitrogens with one attached hydrogen (secondary N) is 2.